The Balaban J connectivity index is 1.99. The molecule has 33 heavy (non-hydrogen) atoms. The molecular weight excluding hydrogens is 430 g/mol. The van der Waals surface area contributed by atoms with Crippen molar-refractivity contribution in [1.29, 1.82) is 0 Å². The molecule has 1 amide bonds. The van der Waals surface area contributed by atoms with E-state index in [0.29, 0.717) is 5.56 Å². The van der Waals surface area contributed by atoms with Crippen LogP contribution in [0.4, 0.5) is 5.69 Å². The first-order valence-electron chi connectivity index (χ1n) is 10.5. The minimum Gasteiger partial charge on any atom is -0.508 e. The van der Waals surface area contributed by atoms with E-state index in [1.807, 2.05) is 19.0 Å². The number of phenolic OH excluding ortho intramolecular Hbond substituents is 1. The summed E-state index contributed by atoms with van der Waals surface area (Å²) in [5.41, 5.74) is 3.15. The van der Waals surface area contributed by atoms with E-state index in [-0.39, 0.29) is 29.7 Å². The fraction of sp³-hybridized carbons (Fsp3) is 0.435. The summed E-state index contributed by atoms with van der Waals surface area (Å²) in [4.78, 5) is 42.0. The third kappa shape index (κ3) is 2.90. The first-order valence-corrected chi connectivity index (χ1v) is 10.5. The Morgan fingerprint density at radius 1 is 1.12 bits per heavy atom. The van der Waals surface area contributed by atoms with Crippen molar-refractivity contribution in [3.8, 4) is 5.75 Å². The maximum absolute atomic E-state index is 13.7. The molecule has 0 aromatic heterocycles. The lowest BCUT2D eigenvalue weighted by molar-refractivity contribution is -0.153. The van der Waals surface area contributed by atoms with E-state index >= 15 is 0 Å². The van der Waals surface area contributed by atoms with Crippen LogP contribution in [0.15, 0.2) is 29.0 Å². The second kappa shape index (κ2) is 7.32. The summed E-state index contributed by atoms with van der Waals surface area (Å²) in [6, 6.07) is 2.01. The average molecular weight is 457 g/mol. The molecule has 6 N–H and O–H groups in total. The summed E-state index contributed by atoms with van der Waals surface area (Å²) in [7, 11) is 6.75. The van der Waals surface area contributed by atoms with Crippen LogP contribution in [0.1, 0.15) is 17.5 Å². The Morgan fingerprint density at radius 2 is 1.76 bits per heavy atom. The van der Waals surface area contributed by atoms with Crippen molar-refractivity contribution in [3.05, 3.63) is 40.2 Å². The monoisotopic (exact) mass is 457 g/mol. The number of primary amides is 1. The number of amides is 1. The van der Waals surface area contributed by atoms with Gasteiger partial charge in [-0.05, 0) is 50.6 Å². The SMILES string of the molecule is CN(C)c1ccc(O)c2c1C[C@@H]1C[C@@H]3[C@H](N(C)C)C(=O)C(C(N)=O)=C(O)[C@@]3(O)C(=O)C1=C2O. The van der Waals surface area contributed by atoms with E-state index < -0.39 is 58.0 Å². The van der Waals surface area contributed by atoms with Gasteiger partial charge in [0.15, 0.2) is 11.4 Å². The van der Waals surface area contributed by atoms with Gasteiger partial charge in [-0.2, -0.15) is 0 Å². The topological polar surface area (TPSA) is 165 Å². The van der Waals surface area contributed by atoms with Crippen LogP contribution in [0, 0.1) is 11.8 Å². The molecule has 10 nitrogen and oxygen atoms in total. The summed E-state index contributed by atoms with van der Waals surface area (Å²) in [5, 5.41) is 43.9. The van der Waals surface area contributed by atoms with Crippen LogP contribution in [-0.4, -0.2) is 82.6 Å². The van der Waals surface area contributed by atoms with E-state index in [1.165, 1.54) is 11.0 Å². The number of likely N-dealkylation sites (N-methyl/N-ethyl adjacent to an activating group) is 1. The number of nitrogens with zero attached hydrogens (tertiary/aromatic N) is 2. The summed E-state index contributed by atoms with van der Waals surface area (Å²) < 4.78 is 0. The van der Waals surface area contributed by atoms with Gasteiger partial charge in [0, 0.05) is 31.3 Å². The van der Waals surface area contributed by atoms with Crippen molar-refractivity contribution < 1.29 is 34.8 Å². The summed E-state index contributed by atoms with van der Waals surface area (Å²) in [6.07, 6.45) is 0.324. The van der Waals surface area contributed by atoms with E-state index in [0.717, 1.165) is 5.69 Å². The second-order valence-electron chi connectivity index (χ2n) is 9.31. The second-order valence-corrected chi connectivity index (χ2v) is 9.31. The molecule has 0 saturated heterocycles. The molecule has 0 radical (unpaired) electrons. The molecule has 0 spiro atoms. The first kappa shape index (κ1) is 22.8. The molecule has 3 aliphatic carbocycles. The fourth-order valence-corrected chi connectivity index (χ4v) is 5.65. The maximum atomic E-state index is 13.7. The zero-order valence-corrected chi connectivity index (χ0v) is 18.8. The minimum absolute atomic E-state index is 0.0638. The number of hydrogen-bond donors (Lipinski definition) is 5. The van der Waals surface area contributed by atoms with Gasteiger partial charge in [0.25, 0.3) is 5.91 Å². The van der Waals surface area contributed by atoms with Crippen LogP contribution in [0.25, 0.3) is 5.76 Å². The molecule has 1 fully saturated rings. The number of Topliss-reactive ketones (excluding diaryl/α,β-unsaturated/α-hetero) is 2. The number of aliphatic hydroxyl groups excluding tert-OH is 2. The number of benzene rings is 1. The molecule has 4 atom stereocenters. The highest BCUT2D eigenvalue weighted by atomic mass is 16.3. The molecule has 0 heterocycles. The van der Waals surface area contributed by atoms with Crippen molar-refractivity contribution >= 4 is 28.9 Å². The largest absolute Gasteiger partial charge is 0.508 e. The Hall–Kier alpha value is -3.37. The van der Waals surface area contributed by atoms with Gasteiger partial charge < -0.3 is 31.1 Å². The zero-order valence-electron chi connectivity index (χ0n) is 18.8. The van der Waals surface area contributed by atoms with Gasteiger partial charge in [-0.1, -0.05) is 0 Å². The summed E-state index contributed by atoms with van der Waals surface area (Å²) in [6.45, 7) is 0. The highest BCUT2D eigenvalue weighted by Crippen LogP contribution is 2.53. The van der Waals surface area contributed by atoms with Crippen LogP contribution < -0.4 is 10.6 Å². The molecule has 10 heteroatoms. The molecule has 176 valence electrons. The lowest BCUT2D eigenvalue weighted by atomic mass is 9.57. The molecule has 1 aromatic rings. The quantitative estimate of drug-likeness (QED) is 0.394. The van der Waals surface area contributed by atoms with Gasteiger partial charge in [0.2, 0.25) is 5.78 Å². The Bertz CT molecular complexity index is 1170. The van der Waals surface area contributed by atoms with Crippen molar-refractivity contribution in [2.75, 3.05) is 33.1 Å². The van der Waals surface area contributed by atoms with Gasteiger partial charge in [-0.3, -0.25) is 19.3 Å². The third-order valence-electron chi connectivity index (χ3n) is 7.06. The number of aromatic hydroxyl groups is 1. The summed E-state index contributed by atoms with van der Waals surface area (Å²) >= 11 is 0. The van der Waals surface area contributed by atoms with Crippen LogP contribution in [-0.2, 0) is 20.8 Å². The number of hydrogen-bond acceptors (Lipinski definition) is 9. The number of fused-ring (bicyclic) bond motifs is 3. The van der Waals surface area contributed by atoms with Crippen LogP contribution in [0.3, 0.4) is 0 Å². The van der Waals surface area contributed by atoms with E-state index in [2.05, 4.69) is 0 Å². The molecule has 1 aromatic carbocycles. The number of nitrogens with two attached hydrogens (primary N) is 1. The average Bonchev–Trinajstić information content (AvgIpc) is 2.70. The van der Waals surface area contributed by atoms with Crippen molar-refractivity contribution in [2.45, 2.75) is 24.5 Å². The Kier molecular flexibility index (Phi) is 5.06. The highest BCUT2D eigenvalue weighted by Gasteiger charge is 2.64. The van der Waals surface area contributed by atoms with E-state index in [4.69, 9.17) is 5.73 Å². The predicted molar refractivity (Wildman–Crippen MR) is 119 cm³/mol. The zero-order chi connectivity index (χ0) is 24.6. The molecular formula is C23H27N3O7. The molecule has 0 aliphatic heterocycles. The lowest BCUT2D eigenvalue weighted by Gasteiger charge is -2.50. The molecule has 0 bridgehead atoms. The van der Waals surface area contributed by atoms with Crippen LogP contribution >= 0.6 is 0 Å². The highest BCUT2D eigenvalue weighted by molar-refractivity contribution is 6.24. The normalized spacial score (nSPS) is 29.1. The number of aliphatic hydroxyl groups is 3. The molecule has 0 unspecified atom stereocenters. The van der Waals surface area contributed by atoms with Gasteiger partial charge in [-0.15, -0.1) is 0 Å². The van der Waals surface area contributed by atoms with E-state index in [1.54, 1.807) is 20.2 Å². The molecule has 3 aliphatic rings. The van der Waals surface area contributed by atoms with Gasteiger partial charge >= 0.3 is 0 Å². The first-order chi connectivity index (χ1) is 15.3. The van der Waals surface area contributed by atoms with Gasteiger partial charge in [0.1, 0.15) is 22.8 Å². The van der Waals surface area contributed by atoms with Crippen molar-refractivity contribution in [3.63, 3.8) is 0 Å². The molecule has 4 rings (SSSR count). The maximum Gasteiger partial charge on any atom is 0.255 e. The van der Waals surface area contributed by atoms with Gasteiger partial charge in [0.05, 0.1) is 11.6 Å². The van der Waals surface area contributed by atoms with Crippen molar-refractivity contribution in [1.82, 2.24) is 4.90 Å². The van der Waals surface area contributed by atoms with Gasteiger partial charge in [-0.25, -0.2) is 0 Å². The predicted octanol–water partition coefficient (Wildman–Crippen LogP) is 0.0300. The number of ketones is 2. The number of rotatable bonds is 3. The third-order valence-corrected chi connectivity index (χ3v) is 7.06. The number of carbonyl (C=O) groups excluding carboxylic acids is 3. The summed E-state index contributed by atoms with van der Waals surface area (Å²) in [5.74, 6) is -6.54. The minimum atomic E-state index is -2.63. The molecule has 1 saturated carbocycles. The Morgan fingerprint density at radius 3 is 2.30 bits per heavy atom. The smallest absolute Gasteiger partial charge is 0.255 e. The van der Waals surface area contributed by atoms with Crippen LogP contribution in [0.2, 0.25) is 0 Å². The van der Waals surface area contributed by atoms with E-state index in [9.17, 15) is 34.8 Å². The number of phenols is 1. The fourth-order valence-electron chi connectivity index (χ4n) is 5.65. The number of anilines is 1. The standard InChI is InChI=1S/C23H27N3O7/c1-25(2)12-5-6-13(27)15-10(12)7-9-8-11-17(26(3)4)19(29)16(22(24)32)21(31)23(11,33)20(30)14(9)18(15)28/h5-6,9,11,17,27-28,31,33H,7-8H2,1-4H3,(H2,24,32)/t9-,11-,17+,23+/m1/s1. The number of carbonyl (C=O) groups is 3. The van der Waals surface area contributed by atoms with Crippen molar-refractivity contribution in [2.24, 2.45) is 17.6 Å². The lowest BCUT2D eigenvalue weighted by Crippen LogP contribution is -2.65. The Labute approximate surface area is 190 Å². The van der Waals surface area contributed by atoms with Crippen LogP contribution in [0.5, 0.6) is 5.75 Å².